The Balaban J connectivity index is 1.50. The average molecular weight is 373 g/mol. The van der Waals surface area contributed by atoms with E-state index in [4.69, 9.17) is 4.74 Å². The van der Waals surface area contributed by atoms with Crippen molar-refractivity contribution in [3.8, 4) is 0 Å². The molecule has 0 spiro atoms. The van der Waals surface area contributed by atoms with Crippen molar-refractivity contribution in [3.05, 3.63) is 35.4 Å². The molecule has 1 aromatic rings. The lowest BCUT2D eigenvalue weighted by Crippen LogP contribution is -2.42. The molecule has 4 nitrogen and oxygen atoms in total. The normalized spacial score (nSPS) is 20.7. The molecule has 150 valence electrons. The monoisotopic (exact) mass is 372 g/mol. The maximum Gasteiger partial charge on any atom is 0.410 e. The predicted octanol–water partition coefficient (Wildman–Crippen LogP) is 4.69. The van der Waals surface area contributed by atoms with Gasteiger partial charge < -0.3 is 14.5 Å². The summed E-state index contributed by atoms with van der Waals surface area (Å²) in [7, 11) is 2.22. The summed E-state index contributed by atoms with van der Waals surface area (Å²) in [6.45, 7) is 9.82. The molecule has 0 aliphatic carbocycles. The first-order valence-electron chi connectivity index (χ1n) is 10.6. The summed E-state index contributed by atoms with van der Waals surface area (Å²) in [4.78, 5) is 16.5. The molecular formula is C23H36N2O2. The Bertz CT molecular complexity index is 622. The van der Waals surface area contributed by atoms with Crippen LogP contribution in [0.25, 0.3) is 0 Å². The summed E-state index contributed by atoms with van der Waals surface area (Å²) in [5.41, 5.74) is 2.57. The third-order valence-corrected chi connectivity index (χ3v) is 5.93. The number of ether oxygens (including phenoxy) is 1. The fourth-order valence-corrected chi connectivity index (χ4v) is 4.30. The van der Waals surface area contributed by atoms with Gasteiger partial charge in [-0.2, -0.15) is 0 Å². The number of nitrogens with zero attached hydrogens (tertiary/aromatic N) is 2. The third kappa shape index (κ3) is 5.97. The highest BCUT2D eigenvalue weighted by atomic mass is 16.6. The molecule has 1 aromatic carbocycles. The average Bonchev–Trinajstić information content (AvgIpc) is 2.62. The van der Waals surface area contributed by atoms with Gasteiger partial charge in [-0.1, -0.05) is 24.3 Å². The van der Waals surface area contributed by atoms with Crippen LogP contribution in [0.15, 0.2) is 24.3 Å². The second-order valence-electron chi connectivity index (χ2n) is 9.44. The molecule has 0 aromatic heterocycles. The van der Waals surface area contributed by atoms with Crippen LogP contribution in [-0.2, 0) is 11.2 Å². The van der Waals surface area contributed by atoms with Crippen molar-refractivity contribution in [2.75, 3.05) is 33.2 Å². The van der Waals surface area contributed by atoms with E-state index in [0.29, 0.717) is 5.92 Å². The Hall–Kier alpha value is -1.55. The van der Waals surface area contributed by atoms with E-state index in [1.807, 2.05) is 25.7 Å². The highest BCUT2D eigenvalue weighted by molar-refractivity contribution is 5.68. The van der Waals surface area contributed by atoms with Gasteiger partial charge >= 0.3 is 6.09 Å². The molecule has 1 amide bonds. The Kier molecular flexibility index (Phi) is 6.46. The van der Waals surface area contributed by atoms with Crippen molar-refractivity contribution in [2.24, 2.45) is 5.92 Å². The highest BCUT2D eigenvalue weighted by Gasteiger charge is 2.27. The third-order valence-electron chi connectivity index (χ3n) is 5.93. The van der Waals surface area contributed by atoms with Crippen LogP contribution in [0.5, 0.6) is 0 Å². The van der Waals surface area contributed by atoms with Gasteiger partial charge in [-0.05, 0) is 96.0 Å². The van der Waals surface area contributed by atoms with E-state index in [2.05, 4.69) is 36.2 Å². The lowest BCUT2D eigenvalue weighted by atomic mass is 9.86. The van der Waals surface area contributed by atoms with Crippen LogP contribution in [0.2, 0.25) is 0 Å². The summed E-state index contributed by atoms with van der Waals surface area (Å²) >= 11 is 0. The Morgan fingerprint density at radius 2 is 1.74 bits per heavy atom. The molecule has 0 unspecified atom stereocenters. The minimum absolute atomic E-state index is 0.162. The van der Waals surface area contributed by atoms with Gasteiger partial charge in [0.1, 0.15) is 5.60 Å². The molecule has 2 fully saturated rings. The van der Waals surface area contributed by atoms with Gasteiger partial charge in [0, 0.05) is 13.1 Å². The summed E-state index contributed by atoms with van der Waals surface area (Å²) in [5.74, 6) is 1.38. The molecule has 0 saturated carbocycles. The summed E-state index contributed by atoms with van der Waals surface area (Å²) in [6, 6.07) is 9.26. The minimum atomic E-state index is -0.414. The smallest absolute Gasteiger partial charge is 0.410 e. The molecular weight excluding hydrogens is 336 g/mol. The number of likely N-dealkylation sites (tertiary alicyclic amines) is 2. The minimum Gasteiger partial charge on any atom is -0.444 e. The van der Waals surface area contributed by atoms with Crippen molar-refractivity contribution in [3.63, 3.8) is 0 Å². The molecule has 2 aliphatic heterocycles. The number of carbonyl (C=O) groups excluding carboxylic acids is 1. The van der Waals surface area contributed by atoms with Gasteiger partial charge in [0.15, 0.2) is 0 Å². The van der Waals surface area contributed by atoms with E-state index in [0.717, 1.165) is 38.3 Å². The fourth-order valence-electron chi connectivity index (χ4n) is 4.30. The number of amides is 1. The van der Waals surface area contributed by atoms with Gasteiger partial charge in [-0.3, -0.25) is 0 Å². The zero-order valence-corrected chi connectivity index (χ0v) is 17.5. The lowest BCUT2D eigenvalue weighted by Gasteiger charge is -2.33. The van der Waals surface area contributed by atoms with Gasteiger partial charge in [0.05, 0.1) is 0 Å². The number of rotatable bonds is 3. The summed E-state index contributed by atoms with van der Waals surface area (Å²) in [6.07, 6.45) is 5.64. The van der Waals surface area contributed by atoms with Crippen LogP contribution in [0, 0.1) is 5.92 Å². The number of piperidine rings is 2. The van der Waals surface area contributed by atoms with E-state index < -0.39 is 5.60 Å². The van der Waals surface area contributed by atoms with E-state index in [9.17, 15) is 4.79 Å². The van der Waals surface area contributed by atoms with Crippen molar-refractivity contribution >= 4 is 6.09 Å². The van der Waals surface area contributed by atoms with E-state index in [1.54, 1.807) is 0 Å². The van der Waals surface area contributed by atoms with Crippen LogP contribution in [-0.4, -0.2) is 54.7 Å². The Labute approximate surface area is 164 Å². The quantitative estimate of drug-likeness (QED) is 0.772. The summed E-state index contributed by atoms with van der Waals surface area (Å²) < 4.78 is 5.50. The summed E-state index contributed by atoms with van der Waals surface area (Å²) in [5, 5.41) is 0. The van der Waals surface area contributed by atoms with E-state index in [-0.39, 0.29) is 6.09 Å². The first-order valence-corrected chi connectivity index (χ1v) is 10.6. The fraction of sp³-hybridized carbons (Fsp3) is 0.696. The number of hydrogen-bond donors (Lipinski definition) is 0. The van der Waals surface area contributed by atoms with E-state index in [1.165, 1.54) is 37.1 Å². The van der Waals surface area contributed by atoms with Gasteiger partial charge in [0.25, 0.3) is 0 Å². The SMILES string of the molecule is CN1CCC(c2cccc(CC3CCN(C(=O)OC(C)(C)C)CC3)c2)CC1. The second-order valence-corrected chi connectivity index (χ2v) is 9.44. The number of hydrogen-bond acceptors (Lipinski definition) is 3. The van der Waals surface area contributed by atoms with Crippen molar-refractivity contribution in [2.45, 2.75) is 64.4 Å². The first kappa shape index (κ1) is 20.2. The van der Waals surface area contributed by atoms with Crippen LogP contribution in [0.3, 0.4) is 0 Å². The molecule has 0 N–H and O–H groups in total. The predicted molar refractivity (Wildman–Crippen MR) is 110 cm³/mol. The maximum atomic E-state index is 12.2. The number of benzene rings is 1. The zero-order chi connectivity index (χ0) is 19.4. The Morgan fingerprint density at radius 1 is 1.07 bits per heavy atom. The van der Waals surface area contributed by atoms with Crippen LogP contribution < -0.4 is 0 Å². The van der Waals surface area contributed by atoms with Crippen LogP contribution >= 0.6 is 0 Å². The molecule has 2 aliphatic rings. The molecule has 0 atom stereocenters. The lowest BCUT2D eigenvalue weighted by molar-refractivity contribution is 0.0184. The largest absolute Gasteiger partial charge is 0.444 e. The molecule has 3 rings (SSSR count). The Morgan fingerprint density at radius 3 is 2.37 bits per heavy atom. The van der Waals surface area contributed by atoms with E-state index >= 15 is 0 Å². The van der Waals surface area contributed by atoms with Gasteiger partial charge in [-0.25, -0.2) is 4.79 Å². The topological polar surface area (TPSA) is 32.8 Å². The van der Waals surface area contributed by atoms with Gasteiger partial charge in [-0.15, -0.1) is 0 Å². The van der Waals surface area contributed by atoms with Gasteiger partial charge in [0.2, 0.25) is 0 Å². The molecule has 0 radical (unpaired) electrons. The molecule has 2 saturated heterocycles. The standard InChI is InChI=1S/C23H36N2O2/c1-23(2,3)27-22(26)25-14-8-18(9-15-25)16-19-6-5-7-21(17-19)20-10-12-24(4)13-11-20/h5-7,17-18,20H,8-16H2,1-4H3. The first-order chi connectivity index (χ1) is 12.8. The zero-order valence-electron chi connectivity index (χ0n) is 17.5. The number of carbonyl (C=O) groups is 1. The van der Waals surface area contributed by atoms with Crippen molar-refractivity contribution in [1.29, 1.82) is 0 Å². The van der Waals surface area contributed by atoms with Crippen LogP contribution in [0.1, 0.15) is 63.5 Å². The second kappa shape index (κ2) is 8.64. The molecule has 0 bridgehead atoms. The molecule has 27 heavy (non-hydrogen) atoms. The molecule has 4 heteroatoms. The maximum absolute atomic E-state index is 12.2. The van der Waals surface area contributed by atoms with Crippen molar-refractivity contribution < 1.29 is 9.53 Å². The highest BCUT2D eigenvalue weighted by Crippen LogP contribution is 2.29. The van der Waals surface area contributed by atoms with Crippen molar-refractivity contribution in [1.82, 2.24) is 9.80 Å². The van der Waals surface area contributed by atoms with Crippen LogP contribution in [0.4, 0.5) is 4.79 Å². The molecule has 2 heterocycles.